The van der Waals surface area contributed by atoms with Crippen LogP contribution in [-0.4, -0.2) is 24.7 Å². The minimum absolute atomic E-state index is 0.0193. The van der Waals surface area contributed by atoms with Gasteiger partial charge in [-0.05, 0) is 19.1 Å². The van der Waals surface area contributed by atoms with E-state index in [1.54, 1.807) is 12.7 Å². The Kier molecular flexibility index (Phi) is 2.83. The second-order valence-electron chi connectivity index (χ2n) is 4.41. The van der Waals surface area contributed by atoms with Gasteiger partial charge in [-0.3, -0.25) is 0 Å². The predicted octanol–water partition coefficient (Wildman–Crippen LogP) is 1.93. The van der Waals surface area contributed by atoms with Gasteiger partial charge in [0.25, 0.3) is 0 Å². The summed E-state index contributed by atoms with van der Waals surface area (Å²) in [6.07, 6.45) is 3.25. The highest BCUT2D eigenvalue weighted by Gasteiger charge is 2.13. The van der Waals surface area contributed by atoms with Crippen LogP contribution in [0.4, 0.5) is 5.82 Å². The van der Waals surface area contributed by atoms with Gasteiger partial charge in [-0.2, -0.15) is 0 Å². The Morgan fingerprint density at radius 1 is 1.21 bits per heavy atom. The van der Waals surface area contributed by atoms with Crippen LogP contribution in [0.3, 0.4) is 0 Å². The first-order valence-corrected chi connectivity index (χ1v) is 6.06. The zero-order chi connectivity index (χ0) is 13.2. The van der Waals surface area contributed by atoms with E-state index < -0.39 is 0 Å². The topological polar surface area (TPSA) is 68.5 Å². The minimum Gasteiger partial charge on any atom is -0.360 e. The monoisotopic (exact) mass is 254 g/mol. The molecule has 0 bridgehead atoms. The number of nitrogens with zero attached hydrogens (tertiary/aromatic N) is 5. The summed E-state index contributed by atoms with van der Waals surface area (Å²) in [5, 5.41) is 12.3. The number of aromatic nitrogens is 5. The standard InChI is InChI=1S/C13H14N6/c1-9(13-18-16-8-19(13)2)17-12-10-5-3-4-6-11(10)14-7-15-12/h3-9H,1-2H3,(H,14,15,17)/t9-/m0/s1. The summed E-state index contributed by atoms with van der Waals surface area (Å²) in [5.41, 5.74) is 0.921. The van der Waals surface area contributed by atoms with Gasteiger partial charge < -0.3 is 9.88 Å². The van der Waals surface area contributed by atoms with Gasteiger partial charge in [-0.1, -0.05) is 12.1 Å². The van der Waals surface area contributed by atoms with Gasteiger partial charge in [0.2, 0.25) is 0 Å². The zero-order valence-corrected chi connectivity index (χ0v) is 10.8. The van der Waals surface area contributed by atoms with Crippen LogP contribution in [0.5, 0.6) is 0 Å². The first kappa shape index (κ1) is 11.6. The van der Waals surface area contributed by atoms with E-state index in [0.29, 0.717) is 0 Å². The molecule has 0 radical (unpaired) electrons. The first-order valence-electron chi connectivity index (χ1n) is 6.06. The highest BCUT2D eigenvalue weighted by atomic mass is 15.3. The van der Waals surface area contributed by atoms with Crippen molar-refractivity contribution in [2.45, 2.75) is 13.0 Å². The molecule has 1 aromatic carbocycles. The molecule has 3 aromatic rings. The molecule has 96 valence electrons. The highest BCUT2D eigenvalue weighted by Crippen LogP contribution is 2.22. The third-order valence-electron chi connectivity index (χ3n) is 3.03. The maximum atomic E-state index is 4.31. The van der Waals surface area contributed by atoms with Crippen molar-refractivity contribution in [2.75, 3.05) is 5.32 Å². The summed E-state index contributed by atoms with van der Waals surface area (Å²) in [6.45, 7) is 2.03. The summed E-state index contributed by atoms with van der Waals surface area (Å²) in [7, 11) is 1.92. The SMILES string of the molecule is C[C@H](Nc1ncnc2ccccc12)c1nncn1C. The van der Waals surface area contributed by atoms with Gasteiger partial charge in [-0.25, -0.2) is 9.97 Å². The third-order valence-corrected chi connectivity index (χ3v) is 3.03. The number of nitrogens with one attached hydrogen (secondary N) is 1. The number of para-hydroxylation sites is 1. The van der Waals surface area contributed by atoms with E-state index in [2.05, 4.69) is 25.5 Å². The van der Waals surface area contributed by atoms with Crippen LogP contribution in [0.1, 0.15) is 18.8 Å². The lowest BCUT2D eigenvalue weighted by atomic mass is 10.2. The van der Waals surface area contributed by atoms with Crippen molar-refractivity contribution in [3.05, 3.63) is 42.7 Å². The van der Waals surface area contributed by atoms with Crippen LogP contribution in [0.25, 0.3) is 10.9 Å². The van der Waals surface area contributed by atoms with Crippen LogP contribution in [0.2, 0.25) is 0 Å². The van der Waals surface area contributed by atoms with E-state index in [-0.39, 0.29) is 6.04 Å². The van der Waals surface area contributed by atoms with Crippen molar-refractivity contribution in [1.29, 1.82) is 0 Å². The Morgan fingerprint density at radius 2 is 2.05 bits per heavy atom. The molecule has 1 atom stereocenters. The lowest BCUT2D eigenvalue weighted by molar-refractivity contribution is 0.717. The van der Waals surface area contributed by atoms with Crippen molar-refractivity contribution in [1.82, 2.24) is 24.7 Å². The molecular weight excluding hydrogens is 240 g/mol. The molecule has 0 aliphatic rings. The Balaban J connectivity index is 1.96. The number of aryl methyl sites for hydroxylation is 1. The Morgan fingerprint density at radius 3 is 2.84 bits per heavy atom. The summed E-state index contributed by atoms with van der Waals surface area (Å²) in [6, 6.07) is 7.93. The van der Waals surface area contributed by atoms with E-state index in [1.165, 1.54) is 0 Å². The van der Waals surface area contributed by atoms with Crippen molar-refractivity contribution in [2.24, 2.45) is 7.05 Å². The van der Waals surface area contributed by atoms with Crippen LogP contribution in [0, 0.1) is 0 Å². The summed E-state index contributed by atoms with van der Waals surface area (Å²) < 4.78 is 1.89. The minimum atomic E-state index is 0.0193. The van der Waals surface area contributed by atoms with Crippen molar-refractivity contribution in [3.63, 3.8) is 0 Å². The quantitative estimate of drug-likeness (QED) is 0.773. The van der Waals surface area contributed by atoms with Crippen molar-refractivity contribution in [3.8, 4) is 0 Å². The molecule has 19 heavy (non-hydrogen) atoms. The molecule has 2 heterocycles. The molecule has 3 rings (SSSR count). The molecule has 0 saturated carbocycles. The van der Waals surface area contributed by atoms with E-state index in [0.717, 1.165) is 22.5 Å². The normalized spacial score (nSPS) is 12.5. The lowest BCUT2D eigenvalue weighted by Gasteiger charge is -2.14. The van der Waals surface area contributed by atoms with E-state index in [1.807, 2.05) is 42.8 Å². The van der Waals surface area contributed by atoms with Gasteiger partial charge in [0.05, 0.1) is 11.6 Å². The number of hydrogen-bond acceptors (Lipinski definition) is 5. The second kappa shape index (κ2) is 4.64. The maximum Gasteiger partial charge on any atom is 0.154 e. The summed E-state index contributed by atoms with van der Waals surface area (Å²) in [5.74, 6) is 1.67. The fourth-order valence-electron chi connectivity index (χ4n) is 2.07. The van der Waals surface area contributed by atoms with Gasteiger partial charge in [0.1, 0.15) is 18.5 Å². The first-order chi connectivity index (χ1) is 9.25. The third kappa shape index (κ3) is 2.12. The van der Waals surface area contributed by atoms with Crippen LogP contribution < -0.4 is 5.32 Å². The molecule has 0 fully saturated rings. The summed E-state index contributed by atoms with van der Waals surface area (Å²) in [4.78, 5) is 8.55. The molecule has 6 heteroatoms. The predicted molar refractivity (Wildman–Crippen MR) is 72.6 cm³/mol. The molecular formula is C13H14N6. The molecule has 0 aliphatic heterocycles. The van der Waals surface area contributed by atoms with Crippen LogP contribution >= 0.6 is 0 Å². The zero-order valence-electron chi connectivity index (χ0n) is 10.8. The molecule has 1 N–H and O–H groups in total. The van der Waals surface area contributed by atoms with Crippen molar-refractivity contribution < 1.29 is 0 Å². The molecule has 0 unspecified atom stereocenters. The van der Waals surface area contributed by atoms with E-state index in [4.69, 9.17) is 0 Å². The molecule has 0 aliphatic carbocycles. The number of benzene rings is 1. The smallest absolute Gasteiger partial charge is 0.154 e. The molecule has 0 saturated heterocycles. The van der Waals surface area contributed by atoms with Gasteiger partial charge in [0, 0.05) is 12.4 Å². The average molecular weight is 254 g/mol. The number of fused-ring (bicyclic) bond motifs is 1. The summed E-state index contributed by atoms with van der Waals surface area (Å²) >= 11 is 0. The fraction of sp³-hybridized carbons (Fsp3) is 0.231. The highest BCUT2D eigenvalue weighted by molar-refractivity contribution is 5.88. The molecule has 0 amide bonds. The Bertz CT molecular complexity index is 700. The molecule has 6 nitrogen and oxygen atoms in total. The second-order valence-corrected chi connectivity index (χ2v) is 4.41. The Hall–Kier alpha value is -2.50. The Labute approximate surface area is 110 Å². The fourth-order valence-corrected chi connectivity index (χ4v) is 2.07. The van der Waals surface area contributed by atoms with Crippen molar-refractivity contribution >= 4 is 16.7 Å². The number of hydrogen-bond donors (Lipinski definition) is 1. The molecule has 2 aromatic heterocycles. The van der Waals surface area contributed by atoms with Gasteiger partial charge in [-0.15, -0.1) is 10.2 Å². The molecule has 0 spiro atoms. The maximum absolute atomic E-state index is 4.31. The largest absolute Gasteiger partial charge is 0.360 e. The number of rotatable bonds is 3. The number of anilines is 1. The lowest BCUT2D eigenvalue weighted by Crippen LogP contribution is -2.13. The van der Waals surface area contributed by atoms with Gasteiger partial charge >= 0.3 is 0 Å². The van der Waals surface area contributed by atoms with E-state index in [9.17, 15) is 0 Å². The van der Waals surface area contributed by atoms with Gasteiger partial charge in [0.15, 0.2) is 5.82 Å². The van der Waals surface area contributed by atoms with Crippen LogP contribution in [-0.2, 0) is 7.05 Å². The average Bonchev–Trinajstić information content (AvgIpc) is 2.85. The van der Waals surface area contributed by atoms with Crippen LogP contribution in [0.15, 0.2) is 36.9 Å². The van der Waals surface area contributed by atoms with E-state index >= 15 is 0 Å².